The molecule has 0 amide bonds. The van der Waals surface area contributed by atoms with E-state index < -0.39 is 17.3 Å². The molecule has 0 spiro atoms. The maximum absolute atomic E-state index is 13.7. The lowest BCUT2D eigenvalue weighted by Crippen LogP contribution is -2.29. The molecule has 0 fully saturated rings. The van der Waals surface area contributed by atoms with Crippen molar-refractivity contribution in [3.63, 3.8) is 0 Å². The zero-order chi connectivity index (χ0) is 24.3. The number of benzene rings is 3. The van der Waals surface area contributed by atoms with Gasteiger partial charge < -0.3 is 9.47 Å². The van der Waals surface area contributed by atoms with Gasteiger partial charge in [-0.05, 0) is 61.9 Å². The van der Waals surface area contributed by atoms with Crippen molar-refractivity contribution in [3.05, 3.63) is 101 Å². The van der Waals surface area contributed by atoms with Crippen molar-refractivity contribution < 1.29 is 22.6 Å². The standard InChI is InChI=1S/C28H28F3NO2.ClH/c1-27(2)18-24(22-11-7-8-12-25(22)28(29,30)31)23-14-13-21(17-26(23)34-27)33-16-15-32(3)19-20-9-5-4-6-10-20;/h4-14,17-18H,15-16,19H2,1-3H3;1H. The van der Waals surface area contributed by atoms with Gasteiger partial charge in [0, 0.05) is 24.7 Å². The minimum Gasteiger partial charge on any atom is -0.492 e. The Morgan fingerprint density at radius 3 is 2.31 bits per heavy atom. The van der Waals surface area contributed by atoms with Crippen LogP contribution >= 0.6 is 12.4 Å². The number of halogens is 4. The van der Waals surface area contributed by atoms with Crippen molar-refractivity contribution in [2.75, 3.05) is 20.2 Å². The molecule has 7 heteroatoms. The van der Waals surface area contributed by atoms with Gasteiger partial charge in [-0.3, -0.25) is 4.90 Å². The van der Waals surface area contributed by atoms with E-state index in [2.05, 4.69) is 17.0 Å². The molecule has 1 aliphatic rings. The third-order valence-electron chi connectivity index (χ3n) is 5.67. The quantitative estimate of drug-likeness (QED) is 0.339. The van der Waals surface area contributed by atoms with Crippen LogP contribution in [0.4, 0.5) is 13.2 Å². The molecule has 0 aliphatic carbocycles. The third kappa shape index (κ3) is 6.59. The van der Waals surface area contributed by atoms with Gasteiger partial charge in [-0.2, -0.15) is 13.2 Å². The second-order valence-corrected chi connectivity index (χ2v) is 9.04. The Morgan fingerprint density at radius 2 is 1.60 bits per heavy atom. The van der Waals surface area contributed by atoms with Crippen LogP contribution in [-0.2, 0) is 12.7 Å². The number of ether oxygens (including phenoxy) is 2. The normalized spacial score (nSPS) is 14.4. The summed E-state index contributed by atoms with van der Waals surface area (Å²) in [5.41, 5.74) is 1.07. The monoisotopic (exact) mass is 503 g/mol. The first kappa shape index (κ1) is 26.6. The van der Waals surface area contributed by atoms with E-state index in [-0.39, 0.29) is 18.0 Å². The largest absolute Gasteiger partial charge is 0.492 e. The molecule has 186 valence electrons. The lowest BCUT2D eigenvalue weighted by molar-refractivity contribution is -0.137. The fourth-order valence-electron chi connectivity index (χ4n) is 4.12. The van der Waals surface area contributed by atoms with Crippen LogP contribution in [0.2, 0.25) is 0 Å². The number of hydrogen-bond donors (Lipinski definition) is 0. The van der Waals surface area contributed by atoms with Crippen molar-refractivity contribution in [2.45, 2.75) is 32.2 Å². The molecule has 0 atom stereocenters. The Hall–Kier alpha value is -2.96. The number of fused-ring (bicyclic) bond motifs is 1. The second kappa shape index (κ2) is 10.8. The fourth-order valence-corrected chi connectivity index (χ4v) is 4.12. The summed E-state index contributed by atoms with van der Waals surface area (Å²) in [5.74, 6) is 1.13. The molecular formula is C28H29ClF3NO2. The van der Waals surface area contributed by atoms with Crippen molar-refractivity contribution >= 4 is 18.0 Å². The highest BCUT2D eigenvalue weighted by Crippen LogP contribution is 2.44. The smallest absolute Gasteiger partial charge is 0.417 e. The summed E-state index contributed by atoms with van der Waals surface area (Å²) in [6, 6.07) is 21.2. The number of hydrogen-bond acceptors (Lipinski definition) is 3. The molecule has 3 aromatic carbocycles. The molecule has 3 aromatic rings. The molecule has 0 N–H and O–H groups in total. The lowest BCUT2D eigenvalue weighted by atomic mass is 9.87. The topological polar surface area (TPSA) is 21.7 Å². The van der Waals surface area contributed by atoms with Gasteiger partial charge in [0.2, 0.25) is 0 Å². The fraction of sp³-hybridized carbons (Fsp3) is 0.286. The van der Waals surface area contributed by atoms with Crippen molar-refractivity contribution in [3.8, 4) is 11.5 Å². The van der Waals surface area contributed by atoms with Crippen LogP contribution in [0.3, 0.4) is 0 Å². The number of rotatable bonds is 7. The van der Waals surface area contributed by atoms with E-state index >= 15 is 0 Å². The van der Waals surface area contributed by atoms with Crippen LogP contribution in [0.5, 0.6) is 11.5 Å². The zero-order valence-corrected chi connectivity index (χ0v) is 20.7. The number of likely N-dealkylation sites (N-methyl/N-ethyl adjacent to an activating group) is 1. The maximum atomic E-state index is 13.7. The highest BCUT2D eigenvalue weighted by Gasteiger charge is 2.36. The Balaban J connectivity index is 0.00000342. The Bertz CT molecular complexity index is 1180. The summed E-state index contributed by atoms with van der Waals surface area (Å²) in [7, 11) is 2.03. The summed E-state index contributed by atoms with van der Waals surface area (Å²) in [4.78, 5) is 2.17. The average molecular weight is 504 g/mol. The second-order valence-electron chi connectivity index (χ2n) is 9.04. The van der Waals surface area contributed by atoms with Gasteiger partial charge in [0.1, 0.15) is 23.7 Å². The molecule has 4 rings (SSSR count). The van der Waals surface area contributed by atoms with Crippen LogP contribution in [-0.4, -0.2) is 30.7 Å². The first-order chi connectivity index (χ1) is 16.1. The van der Waals surface area contributed by atoms with Crippen molar-refractivity contribution in [2.24, 2.45) is 0 Å². The maximum Gasteiger partial charge on any atom is 0.417 e. The predicted octanol–water partition coefficient (Wildman–Crippen LogP) is 7.24. The highest BCUT2D eigenvalue weighted by molar-refractivity contribution is 5.86. The summed E-state index contributed by atoms with van der Waals surface area (Å²) in [5, 5.41) is 0. The zero-order valence-electron chi connectivity index (χ0n) is 19.9. The molecule has 0 radical (unpaired) electrons. The molecule has 1 aliphatic heterocycles. The molecule has 0 saturated carbocycles. The summed E-state index contributed by atoms with van der Waals surface area (Å²) in [6.45, 7) is 5.68. The van der Waals surface area contributed by atoms with Crippen LogP contribution in [0, 0.1) is 0 Å². The van der Waals surface area contributed by atoms with Crippen molar-refractivity contribution in [1.29, 1.82) is 0 Å². The van der Waals surface area contributed by atoms with Gasteiger partial charge in [-0.1, -0.05) is 48.5 Å². The summed E-state index contributed by atoms with van der Waals surface area (Å²) >= 11 is 0. The Kier molecular flexibility index (Phi) is 8.18. The molecular weight excluding hydrogens is 475 g/mol. The van der Waals surface area contributed by atoms with Gasteiger partial charge >= 0.3 is 6.18 Å². The van der Waals surface area contributed by atoms with Gasteiger partial charge in [0.15, 0.2) is 0 Å². The van der Waals surface area contributed by atoms with E-state index in [1.54, 1.807) is 30.3 Å². The van der Waals surface area contributed by atoms with Crippen molar-refractivity contribution in [1.82, 2.24) is 4.90 Å². The van der Waals surface area contributed by atoms with E-state index in [1.165, 1.54) is 17.7 Å². The number of nitrogens with zero attached hydrogens (tertiary/aromatic N) is 1. The van der Waals surface area contributed by atoms with E-state index in [1.807, 2.05) is 39.1 Å². The SMILES string of the molecule is CN(CCOc1ccc2c(c1)OC(C)(C)C=C2c1ccccc1C(F)(F)F)Cc1ccccc1.Cl. The summed E-state index contributed by atoms with van der Waals surface area (Å²) < 4.78 is 53.1. The van der Waals surface area contributed by atoms with Crippen LogP contribution in [0.1, 0.15) is 36.1 Å². The van der Waals surface area contributed by atoms with Gasteiger partial charge in [-0.15, -0.1) is 12.4 Å². The van der Waals surface area contributed by atoms with Gasteiger partial charge in [0.25, 0.3) is 0 Å². The van der Waals surface area contributed by atoms with Crippen LogP contribution < -0.4 is 9.47 Å². The van der Waals surface area contributed by atoms with E-state index in [0.717, 1.165) is 19.2 Å². The van der Waals surface area contributed by atoms with Gasteiger partial charge in [0.05, 0.1) is 5.56 Å². The molecule has 0 bridgehead atoms. The minimum absolute atomic E-state index is 0. The number of alkyl halides is 3. The molecule has 1 heterocycles. The predicted molar refractivity (Wildman–Crippen MR) is 135 cm³/mol. The molecule has 0 saturated heterocycles. The molecule has 35 heavy (non-hydrogen) atoms. The van der Waals surface area contributed by atoms with Crippen LogP contribution in [0.15, 0.2) is 78.9 Å². The van der Waals surface area contributed by atoms with E-state index in [9.17, 15) is 13.2 Å². The molecule has 0 aromatic heterocycles. The first-order valence-electron chi connectivity index (χ1n) is 11.2. The highest BCUT2D eigenvalue weighted by atomic mass is 35.5. The van der Waals surface area contributed by atoms with Crippen LogP contribution in [0.25, 0.3) is 5.57 Å². The molecule has 0 unspecified atom stereocenters. The van der Waals surface area contributed by atoms with Gasteiger partial charge in [-0.25, -0.2) is 0 Å². The molecule has 3 nitrogen and oxygen atoms in total. The average Bonchev–Trinajstić information content (AvgIpc) is 2.78. The minimum atomic E-state index is -4.45. The van der Waals surface area contributed by atoms with E-state index in [4.69, 9.17) is 9.47 Å². The Morgan fingerprint density at radius 1 is 0.914 bits per heavy atom. The Labute approximate surface area is 210 Å². The lowest BCUT2D eigenvalue weighted by Gasteiger charge is -2.32. The first-order valence-corrected chi connectivity index (χ1v) is 11.2. The van der Waals surface area contributed by atoms with E-state index in [0.29, 0.717) is 29.2 Å². The third-order valence-corrected chi connectivity index (χ3v) is 5.67. The summed E-state index contributed by atoms with van der Waals surface area (Å²) in [6.07, 6.45) is -2.70.